The van der Waals surface area contributed by atoms with Gasteiger partial charge in [0, 0.05) is 18.5 Å². The van der Waals surface area contributed by atoms with Crippen molar-refractivity contribution >= 4 is 45.5 Å². The molecule has 1 aromatic carbocycles. The summed E-state index contributed by atoms with van der Waals surface area (Å²) in [5, 5.41) is 3.05. The van der Waals surface area contributed by atoms with Gasteiger partial charge < -0.3 is 11.1 Å². The third-order valence-corrected chi connectivity index (χ3v) is 4.36. The van der Waals surface area contributed by atoms with E-state index in [1.165, 1.54) is 23.8 Å². The first-order chi connectivity index (χ1) is 9.44. The molecule has 0 fully saturated rings. The lowest BCUT2D eigenvalue weighted by molar-refractivity contribution is 0.599. The van der Waals surface area contributed by atoms with E-state index in [-0.39, 0.29) is 29.7 Å². The van der Waals surface area contributed by atoms with Crippen LogP contribution in [0.15, 0.2) is 23.2 Å². The van der Waals surface area contributed by atoms with Gasteiger partial charge in [0.2, 0.25) is 0 Å². The van der Waals surface area contributed by atoms with E-state index in [0.29, 0.717) is 18.9 Å². The maximum atomic E-state index is 11.0. The van der Waals surface area contributed by atoms with E-state index in [4.69, 9.17) is 5.73 Å². The lowest BCUT2D eigenvalue weighted by Crippen LogP contribution is -2.23. The summed E-state index contributed by atoms with van der Waals surface area (Å²) in [5.41, 5.74) is 9.52. The molecule has 3 N–H and O–H groups in total. The zero-order valence-corrected chi connectivity index (χ0v) is 15.3. The molecule has 0 bridgehead atoms. The molecule has 1 aliphatic rings. The highest BCUT2D eigenvalue weighted by atomic mass is 127. The lowest BCUT2D eigenvalue weighted by Gasteiger charge is -2.07. The number of anilines is 1. The van der Waals surface area contributed by atoms with Gasteiger partial charge in [0.15, 0.2) is 5.96 Å². The monoisotopic (exact) mass is 423 g/mol. The molecule has 0 aliphatic heterocycles. The minimum atomic E-state index is -2.92. The van der Waals surface area contributed by atoms with Crippen LogP contribution in [-0.2, 0) is 22.7 Å². The summed E-state index contributed by atoms with van der Waals surface area (Å²) in [4.78, 5) is 4.13. The van der Waals surface area contributed by atoms with Crippen LogP contribution in [0.2, 0.25) is 0 Å². The average Bonchev–Trinajstić information content (AvgIpc) is 2.81. The van der Waals surface area contributed by atoms with Crippen LogP contribution in [0.25, 0.3) is 0 Å². The van der Waals surface area contributed by atoms with Crippen LogP contribution in [0.5, 0.6) is 0 Å². The van der Waals surface area contributed by atoms with Gasteiger partial charge in [-0.3, -0.25) is 4.99 Å². The molecule has 1 aromatic rings. The SMILES string of the molecule is CS(=O)(=O)CCCN=C(N)Nc1ccc2c(c1)CCC2.I. The minimum Gasteiger partial charge on any atom is -0.370 e. The number of benzene rings is 1. The van der Waals surface area contributed by atoms with E-state index in [1.807, 2.05) is 6.07 Å². The summed E-state index contributed by atoms with van der Waals surface area (Å²) in [5.74, 6) is 0.472. The number of hydrogen-bond donors (Lipinski definition) is 2. The molecule has 0 amide bonds. The number of fused-ring (bicyclic) bond motifs is 1. The number of halogens is 1. The quantitative estimate of drug-likeness (QED) is 0.328. The Morgan fingerprint density at radius 2 is 2.05 bits per heavy atom. The van der Waals surface area contributed by atoms with Crippen LogP contribution >= 0.6 is 24.0 Å². The molecular weight excluding hydrogens is 401 g/mol. The molecule has 5 nitrogen and oxygen atoms in total. The highest BCUT2D eigenvalue weighted by Crippen LogP contribution is 2.24. The Bertz CT molecular complexity index is 615. The number of aliphatic imine (C=N–C) groups is 1. The zero-order chi connectivity index (χ0) is 14.6. The Morgan fingerprint density at radius 1 is 1.33 bits per heavy atom. The molecule has 0 radical (unpaired) electrons. The van der Waals surface area contributed by atoms with Crippen molar-refractivity contribution in [2.45, 2.75) is 25.7 Å². The van der Waals surface area contributed by atoms with E-state index in [0.717, 1.165) is 18.5 Å². The average molecular weight is 423 g/mol. The Hall–Kier alpha value is -0.830. The first-order valence-corrected chi connectivity index (χ1v) is 8.86. The van der Waals surface area contributed by atoms with Gasteiger partial charge in [0.1, 0.15) is 9.84 Å². The molecule has 0 saturated carbocycles. The molecule has 0 unspecified atom stereocenters. The number of nitrogens with two attached hydrogens (primary N) is 1. The van der Waals surface area contributed by atoms with Crippen molar-refractivity contribution in [1.29, 1.82) is 0 Å². The molecule has 1 aliphatic carbocycles. The van der Waals surface area contributed by atoms with Crippen molar-refractivity contribution in [2.75, 3.05) is 23.9 Å². The topological polar surface area (TPSA) is 84.5 Å². The number of aryl methyl sites for hydroxylation is 2. The van der Waals surface area contributed by atoms with Crippen LogP contribution in [0.1, 0.15) is 24.0 Å². The van der Waals surface area contributed by atoms with Gasteiger partial charge in [-0.15, -0.1) is 24.0 Å². The lowest BCUT2D eigenvalue weighted by atomic mass is 10.1. The summed E-state index contributed by atoms with van der Waals surface area (Å²) in [6.45, 7) is 0.414. The zero-order valence-electron chi connectivity index (χ0n) is 12.1. The van der Waals surface area contributed by atoms with Crippen LogP contribution in [0, 0.1) is 0 Å². The molecule has 118 valence electrons. The van der Waals surface area contributed by atoms with Crippen molar-refractivity contribution in [3.63, 3.8) is 0 Å². The van der Waals surface area contributed by atoms with E-state index in [1.54, 1.807) is 0 Å². The van der Waals surface area contributed by atoms with Gasteiger partial charge >= 0.3 is 0 Å². The Labute approximate surface area is 143 Å². The number of guanidine groups is 1. The van der Waals surface area contributed by atoms with Gasteiger partial charge in [-0.1, -0.05) is 6.07 Å². The summed E-state index contributed by atoms with van der Waals surface area (Å²) < 4.78 is 22.0. The minimum absolute atomic E-state index is 0. The highest BCUT2D eigenvalue weighted by molar-refractivity contribution is 14.0. The number of nitrogens with one attached hydrogen (secondary N) is 1. The Balaban J connectivity index is 0.00000220. The van der Waals surface area contributed by atoms with E-state index in [2.05, 4.69) is 22.4 Å². The second-order valence-corrected chi connectivity index (χ2v) is 7.47. The first-order valence-electron chi connectivity index (χ1n) is 6.80. The maximum Gasteiger partial charge on any atom is 0.193 e. The molecule has 0 heterocycles. The standard InChI is InChI=1S/C14H21N3O2S.HI/c1-20(18,19)9-3-8-16-14(15)17-13-7-6-11-4-2-5-12(11)10-13;/h6-7,10H,2-5,8-9H2,1H3,(H3,15,16,17);1H. The van der Waals surface area contributed by atoms with Gasteiger partial charge in [-0.05, 0) is 48.9 Å². The predicted octanol–water partition coefficient (Wildman–Crippen LogP) is 1.95. The van der Waals surface area contributed by atoms with Gasteiger partial charge in [-0.2, -0.15) is 0 Å². The fourth-order valence-electron chi connectivity index (χ4n) is 2.36. The summed E-state index contributed by atoms with van der Waals surface area (Å²) in [6, 6.07) is 6.24. The molecule has 0 saturated heterocycles. The third-order valence-electron chi connectivity index (χ3n) is 3.33. The second kappa shape index (κ2) is 7.98. The first kappa shape index (κ1) is 18.2. The van der Waals surface area contributed by atoms with Crippen LogP contribution in [0.3, 0.4) is 0 Å². The van der Waals surface area contributed by atoms with Gasteiger partial charge in [0.05, 0.1) is 5.75 Å². The van der Waals surface area contributed by atoms with E-state index >= 15 is 0 Å². The Kier molecular flexibility index (Phi) is 6.92. The fraction of sp³-hybridized carbons (Fsp3) is 0.500. The van der Waals surface area contributed by atoms with Gasteiger partial charge in [0.25, 0.3) is 0 Å². The number of nitrogens with zero attached hydrogens (tertiary/aromatic N) is 1. The van der Waals surface area contributed by atoms with Gasteiger partial charge in [-0.25, -0.2) is 8.42 Å². The third kappa shape index (κ3) is 6.21. The maximum absolute atomic E-state index is 11.0. The fourth-order valence-corrected chi connectivity index (χ4v) is 3.02. The molecule has 0 aromatic heterocycles. The molecule has 7 heteroatoms. The number of rotatable bonds is 5. The van der Waals surface area contributed by atoms with Crippen molar-refractivity contribution in [3.8, 4) is 0 Å². The van der Waals surface area contributed by atoms with E-state index < -0.39 is 9.84 Å². The van der Waals surface area contributed by atoms with Crippen molar-refractivity contribution in [1.82, 2.24) is 0 Å². The van der Waals surface area contributed by atoms with Crippen LogP contribution < -0.4 is 11.1 Å². The van der Waals surface area contributed by atoms with Crippen molar-refractivity contribution in [3.05, 3.63) is 29.3 Å². The molecule has 0 spiro atoms. The van der Waals surface area contributed by atoms with Crippen LogP contribution in [0.4, 0.5) is 5.69 Å². The second-order valence-electron chi connectivity index (χ2n) is 5.21. The molecule has 21 heavy (non-hydrogen) atoms. The highest BCUT2D eigenvalue weighted by Gasteiger charge is 2.10. The predicted molar refractivity (Wildman–Crippen MR) is 98.3 cm³/mol. The molecule has 0 atom stereocenters. The normalized spacial score (nSPS) is 14.4. The molecule has 2 rings (SSSR count). The van der Waals surface area contributed by atoms with E-state index in [9.17, 15) is 8.42 Å². The summed E-state index contributed by atoms with van der Waals surface area (Å²) in [7, 11) is -2.92. The largest absolute Gasteiger partial charge is 0.370 e. The summed E-state index contributed by atoms with van der Waals surface area (Å²) in [6.07, 6.45) is 5.21. The summed E-state index contributed by atoms with van der Waals surface area (Å²) >= 11 is 0. The van der Waals surface area contributed by atoms with Crippen molar-refractivity contribution < 1.29 is 8.42 Å². The molecular formula is C14H22IN3O2S. The number of sulfone groups is 1. The van der Waals surface area contributed by atoms with Crippen molar-refractivity contribution in [2.24, 2.45) is 10.7 Å². The van der Waals surface area contributed by atoms with Crippen LogP contribution in [-0.4, -0.2) is 32.9 Å². The smallest absolute Gasteiger partial charge is 0.193 e. The Morgan fingerprint density at radius 3 is 2.76 bits per heavy atom. The number of hydrogen-bond acceptors (Lipinski definition) is 3.